The number of hydrogen-bond donors (Lipinski definition) is 2. The first-order valence-electron chi connectivity index (χ1n) is 9.18. The van der Waals surface area contributed by atoms with Gasteiger partial charge in [0.05, 0.1) is 18.9 Å². The molecule has 140 valence electrons. The number of halogens is 1. The molecule has 5 nitrogen and oxygen atoms in total. The Bertz CT molecular complexity index is 968. The lowest BCUT2D eigenvalue weighted by Gasteiger charge is -2.13. The number of benzene rings is 2. The van der Waals surface area contributed by atoms with Gasteiger partial charge in [-0.15, -0.1) is 0 Å². The fourth-order valence-corrected chi connectivity index (χ4v) is 3.63. The Morgan fingerprint density at radius 1 is 1.11 bits per heavy atom. The van der Waals surface area contributed by atoms with Gasteiger partial charge < -0.3 is 14.8 Å². The van der Waals surface area contributed by atoms with E-state index in [2.05, 4.69) is 21.6 Å². The van der Waals surface area contributed by atoms with Crippen molar-refractivity contribution in [3.05, 3.63) is 58.1 Å². The van der Waals surface area contributed by atoms with Gasteiger partial charge in [0.15, 0.2) is 11.5 Å². The summed E-state index contributed by atoms with van der Waals surface area (Å²) in [5, 5.41) is 11.8. The van der Waals surface area contributed by atoms with E-state index in [9.17, 15) is 0 Å². The molecule has 0 fully saturated rings. The molecule has 1 aromatic heterocycles. The first kappa shape index (κ1) is 17.7. The van der Waals surface area contributed by atoms with Crippen LogP contribution in [0.3, 0.4) is 0 Å². The molecule has 6 heteroatoms. The van der Waals surface area contributed by atoms with Crippen molar-refractivity contribution in [2.24, 2.45) is 0 Å². The number of rotatable bonds is 7. The summed E-state index contributed by atoms with van der Waals surface area (Å²) in [6.07, 6.45) is 0.804. The summed E-state index contributed by atoms with van der Waals surface area (Å²) in [5.41, 5.74) is 5.48. The largest absolute Gasteiger partial charge is 0.490 e. The minimum Gasteiger partial charge on any atom is -0.490 e. The van der Waals surface area contributed by atoms with E-state index in [0.29, 0.717) is 19.8 Å². The van der Waals surface area contributed by atoms with E-state index in [0.717, 1.165) is 51.1 Å². The fraction of sp³-hybridized carbons (Fsp3) is 0.286. The minimum absolute atomic E-state index is 0.594. The van der Waals surface area contributed by atoms with E-state index >= 15 is 0 Å². The van der Waals surface area contributed by atoms with Crippen molar-refractivity contribution in [2.75, 3.05) is 18.5 Å². The molecule has 4 rings (SSSR count). The van der Waals surface area contributed by atoms with Crippen LogP contribution in [0.5, 0.6) is 11.5 Å². The fourth-order valence-electron chi connectivity index (χ4n) is 3.43. The third kappa shape index (κ3) is 3.35. The Balaban J connectivity index is 1.60. The Kier molecular flexibility index (Phi) is 4.94. The van der Waals surface area contributed by atoms with E-state index in [1.807, 2.05) is 44.2 Å². The molecule has 0 unspecified atom stereocenters. The molecule has 0 radical (unpaired) electrons. The summed E-state index contributed by atoms with van der Waals surface area (Å²) in [6, 6.07) is 11.9. The lowest BCUT2D eigenvalue weighted by molar-refractivity contribution is 0.287. The van der Waals surface area contributed by atoms with Gasteiger partial charge in [-0.3, -0.25) is 5.10 Å². The van der Waals surface area contributed by atoms with Crippen molar-refractivity contribution in [3.8, 4) is 22.8 Å². The van der Waals surface area contributed by atoms with Crippen LogP contribution in [0, 0.1) is 0 Å². The van der Waals surface area contributed by atoms with Gasteiger partial charge in [-0.25, -0.2) is 0 Å². The van der Waals surface area contributed by atoms with Gasteiger partial charge in [-0.1, -0.05) is 29.8 Å². The zero-order valence-electron chi connectivity index (χ0n) is 15.4. The first-order chi connectivity index (χ1) is 13.2. The highest BCUT2D eigenvalue weighted by atomic mass is 35.5. The summed E-state index contributed by atoms with van der Waals surface area (Å²) >= 11 is 6.26. The van der Waals surface area contributed by atoms with Crippen molar-refractivity contribution in [1.29, 1.82) is 0 Å². The standard InChI is InChI=1S/C21H22ClN3O2/c1-3-26-18-10-14-9-16-20(15(14)11-19(18)27-4-2)24-25-21(16)23-12-13-7-5-6-8-17(13)22/h5-8,10-11H,3-4,9,12H2,1-2H3,(H2,23,24,25). The highest BCUT2D eigenvalue weighted by Gasteiger charge is 2.27. The van der Waals surface area contributed by atoms with Crippen LogP contribution in [0.25, 0.3) is 11.3 Å². The molecule has 2 N–H and O–H groups in total. The van der Waals surface area contributed by atoms with E-state index in [1.54, 1.807) is 0 Å². The average molecular weight is 384 g/mol. The first-order valence-corrected chi connectivity index (χ1v) is 9.56. The number of hydrogen-bond acceptors (Lipinski definition) is 4. The topological polar surface area (TPSA) is 59.2 Å². The Morgan fingerprint density at radius 2 is 1.85 bits per heavy atom. The van der Waals surface area contributed by atoms with E-state index in [4.69, 9.17) is 21.1 Å². The van der Waals surface area contributed by atoms with Crippen LogP contribution < -0.4 is 14.8 Å². The van der Waals surface area contributed by atoms with Crippen molar-refractivity contribution in [1.82, 2.24) is 10.2 Å². The summed E-state index contributed by atoms with van der Waals surface area (Å²) < 4.78 is 11.5. The zero-order chi connectivity index (χ0) is 18.8. The van der Waals surface area contributed by atoms with Crippen LogP contribution in [-0.2, 0) is 13.0 Å². The van der Waals surface area contributed by atoms with Gasteiger partial charge in [-0.05, 0) is 43.2 Å². The van der Waals surface area contributed by atoms with Gasteiger partial charge in [0, 0.05) is 29.1 Å². The van der Waals surface area contributed by atoms with Crippen molar-refractivity contribution >= 4 is 17.4 Å². The van der Waals surface area contributed by atoms with E-state index < -0.39 is 0 Å². The maximum atomic E-state index is 6.26. The maximum absolute atomic E-state index is 6.26. The summed E-state index contributed by atoms with van der Waals surface area (Å²) in [6.45, 7) is 5.79. The molecule has 3 aromatic rings. The molecule has 2 aromatic carbocycles. The number of H-pyrrole nitrogens is 1. The predicted octanol–water partition coefficient (Wildman–Crippen LogP) is 5.04. The minimum atomic E-state index is 0.594. The number of aromatic nitrogens is 2. The smallest absolute Gasteiger partial charge is 0.161 e. The van der Waals surface area contributed by atoms with Crippen molar-refractivity contribution in [3.63, 3.8) is 0 Å². The molecule has 0 atom stereocenters. The third-order valence-corrected chi connectivity index (χ3v) is 5.04. The maximum Gasteiger partial charge on any atom is 0.161 e. The van der Waals surface area contributed by atoms with Gasteiger partial charge >= 0.3 is 0 Å². The molecule has 0 saturated heterocycles. The molecular formula is C21H22ClN3O2. The molecule has 0 spiro atoms. The zero-order valence-corrected chi connectivity index (χ0v) is 16.2. The molecule has 0 bridgehead atoms. The lowest BCUT2D eigenvalue weighted by Crippen LogP contribution is -2.02. The highest BCUT2D eigenvalue weighted by Crippen LogP contribution is 2.44. The van der Waals surface area contributed by atoms with Crippen LogP contribution in [0.15, 0.2) is 36.4 Å². The van der Waals surface area contributed by atoms with Crippen LogP contribution in [0.4, 0.5) is 5.82 Å². The average Bonchev–Trinajstić information content (AvgIpc) is 3.21. The van der Waals surface area contributed by atoms with Crippen molar-refractivity contribution < 1.29 is 9.47 Å². The van der Waals surface area contributed by atoms with Crippen LogP contribution >= 0.6 is 11.6 Å². The normalized spacial score (nSPS) is 11.8. The quantitative estimate of drug-likeness (QED) is 0.469. The molecule has 0 saturated carbocycles. The number of nitrogens with zero attached hydrogens (tertiary/aromatic N) is 1. The second kappa shape index (κ2) is 7.53. The SMILES string of the molecule is CCOc1cc2c(cc1OCC)-c1n[nH]c(NCc3ccccc3Cl)c1C2. The van der Waals surface area contributed by atoms with Crippen molar-refractivity contribution in [2.45, 2.75) is 26.8 Å². The monoisotopic (exact) mass is 383 g/mol. The molecule has 1 heterocycles. The molecule has 1 aliphatic carbocycles. The summed E-state index contributed by atoms with van der Waals surface area (Å²) in [4.78, 5) is 0. The third-order valence-electron chi connectivity index (χ3n) is 4.67. The molecule has 1 aliphatic rings. The van der Waals surface area contributed by atoms with Gasteiger partial charge in [0.2, 0.25) is 0 Å². The number of nitrogens with one attached hydrogen (secondary N) is 2. The number of anilines is 1. The molecule has 0 amide bonds. The molecule has 27 heavy (non-hydrogen) atoms. The van der Waals surface area contributed by atoms with Gasteiger partial charge in [0.25, 0.3) is 0 Å². The summed E-state index contributed by atoms with van der Waals surface area (Å²) in [5.74, 6) is 2.48. The Hall–Kier alpha value is -2.66. The molecule has 0 aliphatic heterocycles. The predicted molar refractivity (Wildman–Crippen MR) is 108 cm³/mol. The van der Waals surface area contributed by atoms with Crippen LogP contribution in [-0.4, -0.2) is 23.4 Å². The molecular weight excluding hydrogens is 362 g/mol. The number of fused-ring (bicyclic) bond motifs is 3. The van der Waals surface area contributed by atoms with Crippen LogP contribution in [0.1, 0.15) is 30.5 Å². The van der Waals surface area contributed by atoms with E-state index in [1.165, 1.54) is 5.56 Å². The lowest BCUT2D eigenvalue weighted by atomic mass is 10.1. The number of ether oxygens (including phenoxy) is 2. The summed E-state index contributed by atoms with van der Waals surface area (Å²) in [7, 11) is 0. The highest BCUT2D eigenvalue weighted by molar-refractivity contribution is 6.31. The Morgan fingerprint density at radius 3 is 2.59 bits per heavy atom. The van der Waals surface area contributed by atoms with Crippen LogP contribution in [0.2, 0.25) is 5.02 Å². The second-order valence-electron chi connectivity index (χ2n) is 6.37. The number of aromatic amines is 1. The van der Waals surface area contributed by atoms with Gasteiger partial charge in [0.1, 0.15) is 5.82 Å². The Labute approximate surface area is 163 Å². The second-order valence-corrected chi connectivity index (χ2v) is 6.78. The van der Waals surface area contributed by atoms with E-state index in [-0.39, 0.29) is 0 Å². The van der Waals surface area contributed by atoms with Gasteiger partial charge in [-0.2, -0.15) is 5.10 Å².